The van der Waals surface area contributed by atoms with E-state index < -0.39 is 0 Å². The summed E-state index contributed by atoms with van der Waals surface area (Å²) in [4.78, 5) is 28.8. The van der Waals surface area contributed by atoms with Crippen LogP contribution in [0.1, 0.15) is 16.1 Å². The Balaban J connectivity index is 1.75. The van der Waals surface area contributed by atoms with Gasteiger partial charge in [0.15, 0.2) is 4.77 Å². The average molecular weight is 437 g/mol. The molecule has 0 radical (unpaired) electrons. The lowest BCUT2D eigenvalue weighted by Crippen LogP contribution is -2.24. The molecule has 1 amide bonds. The van der Waals surface area contributed by atoms with Crippen molar-refractivity contribution in [1.29, 1.82) is 0 Å². The molecule has 0 unspecified atom stereocenters. The van der Waals surface area contributed by atoms with Gasteiger partial charge >= 0.3 is 0 Å². The first kappa shape index (κ1) is 20.4. The first-order chi connectivity index (χ1) is 15.0. The first-order valence-electron chi connectivity index (χ1n) is 9.34. The Morgan fingerprint density at radius 1 is 1.16 bits per heavy atom. The number of hydrogen-bond donors (Lipinski definition) is 2. The van der Waals surface area contributed by atoms with Gasteiger partial charge in [-0.25, -0.2) is 4.57 Å². The molecule has 9 heteroatoms. The van der Waals surface area contributed by atoms with E-state index in [4.69, 9.17) is 26.1 Å². The zero-order valence-corrected chi connectivity index (χ0v) is 17.6. The lowest BCUT2D eigenvalue weighted by Gasteiger charge is -2.14. The minimum absolute atomic E-state index is 0.164. The van der Waals surface area contributed by atoms with Crippen LogP contribution in [0.25, 0.3) is 16.6 Å². The number of benzene rings is 2. The number of amides is 1. The standard InChI is InChI=1S/C22H19N3O5S/c1-28-14-6-8-19(29-2)18(11-14)25-21(27)16-7-5-13(10-17(16)24-22(25)31)20(26)23-12-15-4-3-9-30-15/h3-11H,12H2,1-2H3,(H,23,26)(H,24,31). The second-order valence-electron chi connectivity index (χ2n) is 6.63. The van der Waals surface area contributed by atoms with Gasteiger partial charge in [0, 0.05) is 11.6 Å². The quantitative estimate of drug-likeness (QED) is 0.448. The van der Waals surface area contributed by atoms with Crippen LogP contribution in [0, 0.1) is 4.77 Å². The number of ether oxygens (including phenoxy) is 2. The van der Waals surface area contributed by atoms with E-state index in [0.717, 1.165) is 0 Å². The SMILES string of the molecule is COc1ccc(OC)c(-n2c(=S)[nH]c3cc(C(=O)NCc4ccco4)ccc3c2=O)c1. The van der Waals surface area contributed by atoms with E-state index in [1.807, 2.05) is 0 Å². The molecule has 0 saturated carbocycles. The second-order valence-corrected chi connectivity index (χ2v) is 7.02. The predicted octanol–water partition coefficient (Wildman–Crippen LogP) is 3.59. The highest BCUT2D eigenvalue weighted by Gasteiger charge is 2.15. The molecule has 0 spiro atoms. The summed E-state index contributed by atoms with van der Waals surface area (Å²) in [7, 11) is 3.05. The van der Waals surface area contributed by atoms with Crippen LogP contribution in [0.3, 0.4) is 0 Å². The lowest BCUT2D eigenvalue weighted by molar-refractivity contribution is 0.0948. The molecule has 2 aromatic heterocycles. The topological polar surface area (TPSA) is 98.5 Å². The Kier molecular flexibility index (Phi) is 5.59. The van der Waals surface area contributed by atoms with Crippen LogP contribution in [0.4, 0.5) is 0 Å². The van der Waals surface area contributed by atoms with Crippen molar-refractivity contribution in [2.24, 2.45) is 0 Å². The molecule has 0 fully saturated rings. The smallest absolute Gasteiger partial charge is 0.266 e. The molecule has 2 aromatic carbocycles. The summed E-state index contributed by atoms with van der Waals surface area (Å²) in [5.41, 5.74) is 0.961. The molecule has 0 aliphatic rings. The number of hydrogen-bond acceptors (Lipinski definition) is 6. The molecule has 31 heavy (non-hydrogen) atoms. The van der Waals surface area contributed by atoms with Crippen molar-refractivity contribution in [3.05, 3.63) is 81.2 Å². The first-order valence-corrected chi connectivity index (χ1v) is 9.74. The number of rotatable bonds is 6. The van der Waals surface area contributed by atoms with Crippen LogP contribution >= 0.6 is 12.2 Å². The van der Waals surface area contributed by atoms with Crippen LogP contribution < -0.4 is 20.3 Å². The molecule has 0 saturated heterocycles. The van der Waals surface area contributed by atoms with Crippen molar-refractivity contribution in [1.82, 2.24) is 14.9 Å². The normalized spacial score (nSPS) is 10.8. The molecule has 0 atom stereocenters. The molecule has 0 bridgehead atoms. The maximum Gasteiger partial charge on any atom is 0.266 e. The Morgan fingerprint density at radius 3 is 2.71 bits per heavy atom. The second kappa shape index (κ2) is 8.49. The van der Waals surface area contributed by atoms with E-state index in [0.29, 0.717) is 39.4 Å². The number of furan rings is 1. The maximum atomic E-state index is 13.2. The number of carbonyl (C=O) groups excluding carboxylic acids is 1. The summed E-state index contributed by atoms with van der Waals surface area (Å²) in [6, 6.07) is 13.4. The molecule has 0 aliphatic heterocycles. The molecule has 2 N–H and O–H groups in total. The minimum atomic E-state index is -0.340. The third-order valence-electron chi connectivity index (χ3n) is 4.79. The largest absolute Gasteiger partial charge is 0.497 e. The molecule has 4 aromatic rings. The highest BCUT2D eigenvalue weighted by molar-refractivity contribution is 7.71. The van der Waals surface area contributed by atoms with Crippen molar-refractivity contribution >= 4 is 29.0 Å². The number of H-pyrrole nitrogens is 1. The van der Waals surface area contributed by atoms with Gasteiger partial charge in [-0.15, -0.1) is 0 Å². The van der Waals surface area contributed by atoms with E-state index in [-0.39, 0.29) is 22.8 Å². The van der Waals surface area contributed by atoms with Crippen molar-refractivity contribution in [2.75, 3.05) is 14.2 Å². The van der Waals surface area contributed by atoms with E-state index in [1.54, 1.807) is 54.8 Å². The number of aromatic nitrogens is 2. The number of carbonyl (C=O) groups is 1. The summed E-state index contributed by atoms with van der Waals surface area (Å²) in [5.74, 6) is 1.37. The number of nitrogens with zero attached hydrogens (tertiary/aromatic N) is 1. The summed E-state index contributed by atoms with van der Waals surface area (Å²) >= 11 is 5.45. The average Bonchev–Trinajstić information content (AvgIpc) is 3.30. The van der Waals surface area contributed by atoms with Gasteiger partial charge in [0.2, 0.25) is 0 Å². The Morgan fingerprint density at radius 2 is 2.00 bits per heavy atom. The number of aromatic amines is 1. The maximum absolute atomic E-state index is 13.2. The van der Waals surface area contributed by atoms with Crippen molar-refractivity contribution in [3.63, 3.8) is 0 Å². The van der Waals surface area contributed by atoms with Gasteiger partial charge in [-0.1, -0.05) is 0 Å². The number of nitrogens with one attached hydrogen (secondary N) is 2. The van der Waals surface area contributed by atoms with Gasteiger partial charge in [-0.3, -0.25) is 9.59 Å². The van der Waals surface area contributed by atoms with Gasteiger partial charge in [0.25, 0.3) is 11.5 Å². The fourth-order valence-electron chi connectivity index (χ4n) is 3.23. The van der Waals surface area contributed by atoms with Gasteiger partial charge in [-0.2, -0.15) is 0 Å². The Hall–Kier alpha value is -3.85. The molecule has 8 nitrogen and oxygen atoms in total. The summed E-state index contributed by atoms with van der Waals surface area (Å²) in [5, 5.41) is 3.15. The summed E-state index contributed by atoms with van der Waals surface area (Å²) in [6.45, 7) is 0.261. The highest BCUT2D eigenvalue weighted by Crippen LogP contribution is 2.27. The van der Waals surface area contributed by atoms with E-state index in [2.05, 4.69) is 10.3 Å². The van der Waals surface area contributed by atoms with Gasteiger partial charge in [0.05, 0.1) is 43.6 Å². The number of methoxy groups -OCH3 is 2. The summed E-state index contributed by atoms with van der Waals surface area (Å²) in [6.07, 6.45) is 1.54. The monoisotopic (exact) mass is 437 g/mol. The van der Waals surface area contributed by atoms with Gasteiger partial charge in [0.1, 0.15) is 17.3 Å². The van der Waals surface area contributed by atoms with Gasteiger partial charge in [-0.05, 0) is 54.7 Å². The predicted molar refractivity (Wildman–Crippen MR) is 118 cm³/mol. The van der Waals surface area contributed by atoms with E-state index >= 15 is 0 Å². The van der Waals surface area contributed by atoms with Crippen LogP contribution in [-0.2, 0) is 6.54 Å². The van der Waals surface area contributed by atoms with Crippen LogP contribution in [-0.4, -0.2) is 29.7 Å². The molecule has 4 rings (SSSR count). The third-order valence-corrected chi connectivity index (χ3v) is 5.07. The minimum Gasteiger partial charge on any atom is -0.497 e. The Labute approximate surface area is 182 Å². The van der Waals surface area contributed by atoms with Crippen molar-refractivity contribution in [3.8, 4) is 17.2 Å². The van der Waals surface area contributed by atoms with Crippen LogP contribution in [0.15, 0.2) is 64.0 Å². The van der Waals surface area contributed by atoms with Crippen LogP contribution in [0.5, 0.6) is 11.5 Å². The van der Waals surface area contributed by atoms with Crippen molar-refractivity contribution in [2.45, 2.75) is 6.54 Å². The van der Waals surface area contributed by atoms with E-state index in [9.17, 15) is 9.59 Å². The van der Waals surface area contributed by atoms with Gasteiger partial charge < -0.3 is 24.2 Å². The van der Waals surface area contributed by atoms with Crippen molar-refractivity contribution < 1.29 is 18.7 Å². The third kappa shape index (κ3) is 3.95. The zero-order chi connectivity index (χ0) is 22.0. The molecule has 2 heterocycles. The summed E-state index contributed by atoms with van der Waals surface area (Å²) < 4.78 is 17.4. The van der Waals surface area contributed by atoms with E-state index in [1.165, 1.54) is 18.8 Å². The number of fused-ring (bicyclic) bond motifs is 1. The fraction of sp³-hybridized carbons (Fsp3) is 0.136. The lowest BCUT2D eigenvalue weighted by atomic mass is 10.1. The molecule has 0 aliphatic carbocycles. The van der Waals surface area contributed by atoms with Crippen LogP contribution in [0.2, 0.25) is 0 Å². The molecular weight excluding hydrogens is 418 g/mol. The fourth-order valence-corrected chi connectivity index (χ4v) is 3.52. The Bertz CT molecular complexity index is 1370. The highest BCUT2D eigenvalue weighted by atomic mass is 32.1. The molecule has 158 valence electrons. The zero-order valence-electron chi connectivity index (χ0n) is 16.8. The molecular formula is C22H19N3O5S.